The van der Waals surface area contributed by atoms with Crippen molar-refractivity contribution < 1.29 is 13.6 Å². The lowest BCUT2D eigenvalue weighted by Crippen LogP contribution is -2.17. The maximum Gasteiger partial charge on any atom is 0.283 e. The number of hydrogen-bond acceptors (Lipinski definition) is 3. The Morgan fingerprint density at radius 3 is 2.59 bits per heavy atom. The van der Waals surface area contributed by atoms with Crippen LogP contribution in [0.3, 0.4) is 0 Å². The summed E-state index contributed by atoms with van der Waals surface area (Å²) < 4.78 is 27.0. The first-order valence-corrected chi connectivity index (χ1v) is 4.81. The van der Waals surface area contributed by atoms with E-state index >= 15 is 0 Å². The average molecular weight is 237 g/mol. The van der Waals surface area contributed by atoms with Crippen molar-refractivity contribution in [3.8, 4) is 0 Å². The first kappa shape index (κ1) is 11.3. The monoisotopic (exact) mass is 237 g/mol. The van der Waals surface area contributed by atoms with Gasteiger partial charge in [-0.2, -0.15) is 9.78 Å². The molecule has 0 aliphatic rings. The van der Waals surface area contributed by atoms with Gasteiger partial charge in [0.2, 0.25) is 0 Å². The van der Waals surface area contributed by atoms with E-state index in [0.29, 0.717) is 11.8 Å². The molecule has 88 valence electrons. The van der Waals surface area contributed by atoms with Crippen LogP contribution in [0.25, 0.3) is 0 Å². The number of carbonyl (C=O) groups is 1. The van der Waals surface area contributed by atoms with Crippen LogP contribution in [0.5, 0.6) is 0 Å². The molecule has 0 saturated heterocycles. The summed E-state index contributed by atoms with van der Waals surface area (Å²) in [6, 6.07) is 4.19. The second-order valence-electron chi connectivity index (χ2n) is 3.55. The first-order chi connectivity index (χ1) is 7.99. The molecule has 1 heterocycles. The maximum absolute atomic E-state index is 13.4. The molecule has 2 N–H and O–H groups in total. The molecule has 17 heavy (non-hydrogen) atoms. The topological polar surface area (TPSA) is 60.9 Å². The molecule has 0 unspecified atom stereocenters. The zero-order valence-corrected chi connectivity index (χ0v) is 8.95. The van der Waals surface area contributed by atoms with Crippen LogP contribution in [0.15, 0.2) is 24.3 Å². The largest absolute Gasteiger partial charge is 0.383 e. The van der Waals surface area contributed by atoms with E-state index in [-0.39, 0.29) is 11.4 Å². The minimum atomic E-state index is -0.942. The van der Waals surface area contributed by atoms with Gasteiger partial charge in [0, 0.05) is 12.1 Å². The van der Waals surface area contributed by atoms with Crippen molar-refractivity contribution in [3.63, 3.8) is 0 Å². The number of nitrogens with zero attached hydrogens (tertiary/aromatic N) is 2. The molecule has 0 atom stereocenters. The summed E-state index contributed by atoms with van der Waals surface area (Å²) in [7, 11) is 0. The van der Waals surface area contributed by atoms with Crippen LogP contribution in [-0.2, 0) is 0 Å². The molecule has 0 amide bonds. The van der Waals surface area contributed by atoms with Gasteiger partial charge >= 0.3 is 0 Å². The van der Waals surface area contributed by atoms with Gasteiger partial charge in [0.05, 0.1) is 11.3 Å². The van der Waals surface area contributed by atoms with Crippen molar-refractivity contribution in [1.82, 2.24) is 9.78 Å². The Labute approximate surface area is 95.7 Å². The van der Waals surface area contributed by atoms with Crippen LogP contribution in [0, 0.1) is 18.6 Å². The van der Waals surface area contributed by atoms with E-state index in [4.69, 9.17) is 5.73 Å². The highest BCUT2D eigenvalue weighted by Gasteiger charge is 2.17. The summed E-state index contributed by atoms with van der Waals surface area (Å²) in [5.41, 5.74) is 5.81. The molecule has 2 aromatic rings. The van der Waals surface area contributed by atoms with Crippen molar-refractivity contribution >= 4 is 11.7 Å². The number of benzene rings is 1. The van der Waals surface area contributed by atoms with Gasteiger partial charge in [-0.25, -0.2) is 8.78 Å². The van der Waals surface area contributed by atoms with E-state index < -0.39 is 17.5 Å². The van der Waals surface area contributed by atoms with Crippen LogP contribution in [0.4, 0.5) is 14.6 Å². The number of carbonyl (C=O) groups excluding carboxylic acids is 1. The lowest BCUT2D eigenvalue weighted by Gasteiger charge is -2.03. The fourth-order valence-corrected chi connectivity index (χ4v) is 1.46. The van der Waals surface area contributed by atoms with Gasteiger partial charge in [-0.05, 0) is 19.1 Å². The van der Waals surface area contributed by atoms with Crippen LogP contribution >= 0.6 is 0 Å². The number of hydrogen-bond donors (Lipinski definition) is 1. The van der Waals surface area contributed by atoms with Gasteiger partial charge in [-0.3, -0.25) is 4.79 Å². The molecule has 1 aromatic carbocycles. The number of anilines is 1. The lowest BCUT2D eigenvalue weighted by molar-refractivity contribution is 0.0943. The second-order valence-corrected chi connectivity index (χ2v) is 3.55. The fourth-order valence-electron chi connectivity index (χ4n) is 1.46. The zero-order valence-electron chi connectivity index (χ0n) is 8.95. The Hall–Kier alpha value is -2.24. The molecule has 2 rings (SSSR count). The van der Waals surface area contributed by atoms with Crippen molar-refractivity contribution in [1.29, 1.82) is 0 Å². The van der Waals surface area contributed by atoms with E-state index in [1.807, 2.05) is 0 Å². The third-order valence-corrected chi connectivity index (χ3v) is 2.21. The molecule has 0 fully saturated rings. The van der Waals surface area contributed by atoms with Crippen molar-refractivity contribution in [2.45, 2.75) is 6.92 Å². The number of halogens is 2. The predicted octanol–water partition coefficient (Wildman–Crippen LogP) is 1.74. The summed E-state index contributed by atoms with van der Waals surface area (Å²) in [5, 5.41) is 3.83. The van der Waals surface area contributed by atoms with Crippen LogP contribution in [0.1, 0.15) is 16.1 Å². The van der Waals surface area contributed by atoms with Crippen molar-refractivity contribution in [3.05, 3.63) is 47.2 Å². The Bertz CT molecular complexity index is 592. The average Bonchev–Trinajstić information content (AvgIpc) is 2.57. The van der Waals surface area contributed by atoms with E-state index in [9.17, 15) is 13.6 Å². The zero-order chi connectivity index (χ0) is 12.6. The van der Waals surface area contributed by atoms with Crippen molar-refractivity contribution in [2.75, 3.05) is 5.73 Å². The van der Waals surface area contributed by atoms with Crippen LogP contribution in [-0.4, -0.2) is 15.7 Å². The summed E-state index contributed by atoms with van der Waals surface area (Å²) >= 11 is 0. The number of aryl methyl sites for hydroxylation is 1. The normalized spacial score (nSPS) is 10.5. The minimum Gasteiger partial charge on any atom is -0.383 e. The second kappa shape index (κ2) is 3.97. The smallest absolute Gasteiger partial charge is 0.283 e. The highest BCUT2D eigenvalue weighted by atomic mass is 19.1. The Balaban J connectivity index is 2.47. The Morgan fingerprint density at radius 2 is 2.06 bits per heavy atom. The quantitative estimate of drug-likeness (QED) is 0.821. The molecule has 0 aliphatic heterocycles. The SMILES string of the molecule is Cc1cc(N)n(C(=O)c2ccc(F)cc2F)n1. The Kier molecular flexibility index (Phi) is 2.63. The van der Waals surface area contributed by atoms with Crippen LogP contribution in [0.2, 0.25) is 0 Å². The fraction of sp³-hybridized carbons (Fsp3) is 0.0909. The lowest BCUT2D eigenvalue weighted by atomic mass is 10.2. The molecule has 0 bridgehead atoms. The molecule has 6 heteroatoms. The van der Waals surface area contributed by atoms with E-state index in [2.05, 4.69) is 5.10 Å². The Morgan fingerprint density at radius 1 is 1.35 bits per heavy atom. The summed E-state index contributed by atoms with van der Waals surface area (Å²) in [6.45, 7) is 1.65. The summed E-state index contributed by atoms with van der Waals surface area (Å²) in [4.78, 5) is 11.9. The summed E-state index contributed by atoms with van der Waals surface area (Å²) in [5.74, 6) is -2.31. The number of rotatable bonds is 1. The molecular formula is C11H9F2N3O. The molecular weight excluding hydrogens is 228 g/mol. The molecule has 0 radical (unpaired) electrons. The predicted molar refractivity (Wildman–Crippen MR) is 57.5 cm³/mol. The van der Waals surface area contributed by atoms with Gasteiger partial charge in [0.1, 0.15) is 17.5 Å². The third kappa shape index (κ3) is 2.01. The van der Waals surface area contributed by atoms with Gasteiger partial charge in [-0.1, -0.05) is 0 Å². The highest BCUT2D eigenvalue weighted by molar-refractivity contribution is 5.97. The minimum absolute atomic E-state index is 0.108. The first-order valence-electron chi connectivity index (χ1n) is 4.81. The number of nitrogens with two attached hydrogens (primary N) is 1. The molecule has 4 nitrogen and oxygen atoms in total. The van der Waals surface area contributed by atoms with Gasteiger partial charge in [-0.15, -0.1) is 0 Å². The van der Waals surface area contributed by atoms with E-state index in [0.717, 1.165) is 16.8 Å². The maximum atomic E-state index is 13.4. The molecule has 0 aliphatic carbocycles. The van der Waals surface area contributed by atoms with E-state index in [1.54, 1.807) is 6.92 Å². The highest BCUT2D eigenvalue weighted by Crippen LogP contribution is 2.14. The van der Waals surface area contributed by atoms with Gasteiger partial charge in [0.25, 0.3) is 5.91 Å². The van der Waals surface area contributed by atoms with Crippen LogP contribution < -0.4 is 5.73 Å². The molecule has 1 aromatic heterocycles. The number of aromatic nitrogens is 2. The standard InChI is InChI=1S/C11H9F2N3O/c1-6-4-10(14)16(15-6)11(17)8-3-2-7(12)5-9(8)13/h2-5H,14H2,1H3. The van der Waals surface area contributed by atoms with Gasteiger partial charge in [0.15, 0.2) is 0 Å². The summed E-state index contributed by atoms with van der Waals surface area (Å²) in [6.07, 6.45) is 0. The third-order valence-electron chi connectivity index (χ3n) is 2.21. The van der Waals surface area contributed by atoms with Gasteiger partial charge < -0.3 is 5.73 Å². The van der Waals surface area contributed by atoms with E-state index in [1.165, 1.54) is 6.07 Å². The molecule has 0 saturated carbocycles. The number of nitrogen functional groups attached to an aromatic ring is 1. The van der Waals surface area contributed by atoms with Crippen molar-refractivity contribution in [2.24, 2.45) is 0 Å². The molecule has 0 spiro atoms.